The number of amides is 2. The highest BCUT2D eigenvalue weighted by Crippen LogP contribution is 2.35. The normalized spacial score (nSPS) is 22.7. The number of carbonyl (C=O) groups is 2. The molecule has 136 valence electrons. The maximum atomic E-state index is 12.3. The van der Waals surface area contributed by atoms with Gasteiger partial charge in [-0.3, -0.25) is 9.59 Å². The van der Waals surface area contributed by atoms with Crippen molar-refractivity contribution in [1.82, 2.24) is 10.2 Å². The topological polar surface area (TPSA) is 58.6 Å². The Hall–Kier alpha value is -2.04. The number of likely N-dealkylation sites (tertiary alicyclic amines) is 1. The van der Waals surface area contributed by atoms with Gasteiger partial charge in [-0.15, -0.1) is 0 Å². The second kappa shape index (κ2) is 8.37. The Kier molecular flexibility index (Phi) is 5.95. The molecule has 25 heavy (non-hydrogen) atoms. The first-order valence-corrected chi connectivity index (χ1v) is 9.43. The van der Waals surface area contributed by atoms with Crippen LogP contribution in [0.5, 0.6) is 5.75 Å². The van der Waals surface area contributed by atoms with Crippen LogP contribution < -0.4 is 10.1 Å². The summed E-state index contributed by atoms with van der Waals surface area (Å²) in [7, 11) is 0. The average Bonchev–Trinajstić information content (AvgIpc) is 2.62. The van der Waals surface area contributed by atoms with E-state index in [0.29, 0.717) is 32.0 Å². The maximum absolute atomic E-state index is 12.3. The molecule has 3 rings (SSSR count). The van der Waals surface area contributed by atoms with Crippen molar-refractivity contribution in [2.45, 2.75) is 57.4 Å². The average molecular weight is 344 g/mol. The number of hydrogen-bond donors (Lipinski definition) is 1. The molecule has 0 saturated carbocycles. The van der Waals surface area contributed by atoms with Gasteiger partial charge in [0.1, 0.15) is 5.75 Å². The van der Waals surface area contributed by atoms with Crippen LogP contribution >= 0.6 is 0 Å². The summed E-state index contributed by atoms with van der Waals surface area (Å²) in [5.41, 5.74) is 1.11. The van der Waals surface area contributed by atoms with E-state index >= 15 is 0 Å². The van der Waals surface area contributed by atoms with Crippen LogP contribution in [-0.2, 0) is 9.59 Å². The number of nitrogens with one attached hydrogen (secondary N) is 1. The van der Waals surface area contributed by atoms with Gasteiger partial charge in [-0.25, -0.2) is 0 Å². The number of ether oxygens (including phenoxy) is 1. The van der Waals surface area contributed by atoms with E-state index in [4.69, 9.17) is 4.74 Å². The Morgan fingerprint density at radius 1 is 1.24 bits per heavy atom. The number of benzene rings is 1. The van der Waals surface area contributed by atoms with Gasteiger partial charge in [-0.1, -0.05) is 18.2 Å². The van der Waals surface area contributed by atoms with Crippen LogP contribution in [0.3, 0.4) is 0 Å². The molecule has 1 fully saturated rings. The first-order valence-electron chi connectivity index (χ1n) is 9.43. The number of rotatable bonds is 5. The maximum Gasteiger partial charge on any atom is 0.224 e. The highest BCUT2D eigenvalue weighted by molar-refractivity contribution is 5.79. The quantitative estimate of drug-likeness (QED) is 0.893. The molecule has 0 aliphatic carbocycles. The van der Waals surface area contributed by atoms with Crippen molar-refractivity contribution in [1.29, 1.82) is 0 Å². The largest absolute Gasteiger partial charge is 0.493 e. The summed E-state index contributed by atoms with van der Waals surface area (Å²) < 4.78 is 5.64. The molecule has 5 nitrogen and oxygen atoms in total. The number of fused-ring (bicyclic) bond motifs is 1. The van der Waals surface area contributed by atoms with Crippen LogP contribution in [0.25, 0.3) is 0 Å². The lowest BCUT2D eigenvalue weighted by atomic mass is 9.90. The van der Waals surface area contributed by atoms with E-state index in [1.807, 2.05) is 29.2 Å². The lowest BCUT2D eigenvalue weighted by Crippen LogP contribution is -2.43. The lowest BCUT2D eigenvalue weighted by Gasteiger charge is -2.33. The minimum Gasteiger partial charge on any atom is -0.493 e. The smallest absolute Gasteiger partial charge is 0.224 e. The predicted octanol–water partition coefficient (Wildman–Crippen LogP) is 2.85. The molecule has 1 aromatic rings. The third kappa shape index (κ3) is 4.53. The van der Waals surface area contributed by atoms with Gasteiger partial charge in [0.05, 0.1) is 6.61 Å². The van der Waals surface area contributed by atoms with Crippen LogP contribution in [0.2, 0.25) is 0 Å². The fraction of sp³-hybridized carbons (Fsp3) is 0.600. The van der Waals surface area contributed by atoms with Gasteiger partial charge in [0.2, 0.25) is 11.8 Å². The number of para-hydroxylation sites is 1. The Morgan fingerprint density at radius 2 is 2.08 bits per heavy atom. The molecule has 1 N–H and O–H groups in total. The van der Waals surface area contributed by atoms with Crippen molar-refractivity contribution in [3.8, 4) is 5.75 Å². The minimum atomic E-state index is 0.0150. The molecule has 0 unspecified atom stereocenters. The summed E-state index contributed by atoms with van der Waals surface area (Å²) in [5.74, 6) is 1.26. The van der Waals surface area contributed by atoms with Crippen molar-refractivity contribution in [3.63, 3.8) is 0 Å². The first-order chi connectivity index (χ1) is 12.1. The van der Waals surface area contributed by atoms with E-state index < -0.39 is 0 Å². The third-order valence-corrected chi connectivity index (χ3v) is 5.30. The first kappa shape index (κ1) is 17.8. The zero-order valence-corrected chi connectivity index (χ0v) is 15.0. The van der Waals surface area contributed by atoms with Gasteiger partial charge >= 0.3 is 0 Å². The zero-order valence-electron chi connectivity index (χ0n) is 15.0. The molecule has 2 aliphatic rings. The molecule has 1 saturated heterocycles. The summed E-state index contributed by atoms with van der Waals surface area (Å²) >= 11 is 0. The zero-order chi connectivity index (χ0) is 17.6. The Labute approximate surface area is 149 Å². The van der Waals surface area contributed by atoms with Crippen LogP contribution in [-0.4, -0.2) is 42.5 Å². The van der Waals surface area contributed by atoms with Crippen molar-refractivity contribution in [2.24, 2.45) is 0 Å². The number of carbonyl (C=O) groups excluding carboxylic acids is 2. The molecule has 0 aromatic heterocycles. The molecule has 2 atom stereocenters. The van der Waals surface area contributed by atoms with E-state index in [1.54, 1.807) is 0 Å². The fourth-order valence-electron chi connectivity index (χ4n) is 3.84. The molecule has 5 heteroatoms. The standard InChI is InChI=1S/C20H28N2O3/c1-15-6-4-5-12-22(15)20(24)9-11-21-19(23)14-16-10-13-25-18-8-3-2-7-17(16)18/h2-3,7-8,15-16H,4-6,9-14H2,1H3,(H,21,23)/t15-,16-/m0/s1. The summed E-state index contributed by atoms with van der Waals surface area (Å²) in [6, 6.07) is 8.26. The van der Waals surface area contributed by atoms with Crippen LogP contribution in [0.4, 0.5) is 0 Å². The van der Waals surface area contributed by atoms with E-state index in [0.717, 1.165) is 37.1 Å². The molecule has 0 bridgehead atoms. The minimum absolute atomic E-state index is 0.0150. The molecule has 2 amide bonds. The molecule has 0 radical (unpaired) electrons. The Morgan fingerprint density at radius 3 is 2.92 bits per heavy atom. The highest BCUT2D eigenvalue weighted by atomic mass is 16.5. The summed E-state index contributed by atoms with van der Waals surface area (Å²) in [5, 5.41) is 2.92. The van der Waals surface area contributed by atoms with E-state index in [-0.39, 0.29) is 17.7 Å². The molecule has 2 aliphatic heterocycles. The summed E-state index contributed by atoms with van der Waals surface area (Å²) in [4.78, 5) is 26.5. The molecular weight excluding hydrogens is 316 g/mol. The van der Waals surface area contributed by atoms with Crippen LogP contribution in [0.1, 0.15) is 56.9 Å². The second-order valence-corrected chi connectivity index (χ2v) is 7.11. The van der Waals surface area contributed by atoms with Crippen molar-refractivity contribution in [2.75, 3.05) is 19.7 Å². The molecular formula is C20H28N2O3. The molecule has 0 spiro atoms. The van der Waals surface area contributed by atoms with Crippen LogP contribution in [0, 0.1) is 0 Å². The summed E-state index contributed by atoms with van der Waals surface area (Å²) in [6.45, 7) is 4.04. The number of piperidine rings is 1. The van der Waals surface area contributed by atoms with Gasteiger partial charge in [0.25, 0.3) is 0 Å². The van der Waals surface area contributed by atoms with Gasteiger partial charge in [-0.2, -0.15) is 0 Å². The predicted molar refractivity (Wildman–Crippen MR) is 96.6 cm³/mol. The SMILES string of the molecule is C[C@H]1CCCCN1C(=O)CCNC(=O)C[C@@H]1CCOc2ccccc21. The lowest BCUT2D eigenvalue weighted by molar-refractivity contribution is -0.134. The number of hydrogen-bond acceptors (Lipinski definition) is 3. The van der Waals surface area contributed by atoms with Crippen LogP contribution in [0.15, 0.2) is 24.3 Å². The monoisotopic (exact) mass is 344 g/mol. The van der Waals surface area contributed by atoms with Gasteiger partial charge in [0, 0.05) is 32.0 Å². The Bertz CT molecular complexity index is 617. The van der Waals surface area contributed by atoms with Crippen molar-refractivity contribution in [3.05, 3.63) is 29.8 Å². The van der Waals surface area contributed by atoms with Crippen molar-refractivity contribution < 1.29 is 14.3 Å². The van der Waals surface area contributed by atoms with E-state index in [2.05, 4.69) is 12.2 Å². The Balaban J connectivity index is 1.44. The van der Waals surface area contributed by atoms with E-state index in [1.165, 1.54) is 6.42 Å². The van der Waals surface area contributed by atoms with Crippen molar-refractivity contribution >= 4 is 11.8 Å². The second-order valence-electron chi connectivity index (χ2n) is 7.11. The van der Waals surface area contributed by atoms with Gasteiger partial charge < -0.3 is 15.0 Å². The third-order valence-electron chi connectivity index (χ3n) is 5.30. The van der Waals surface area contributed by atoms with E-state index in [9.17, 15) is 9.59 Å². The van der Waals surface area contributed by atoms with Gasteiger partial charge in [-0.05, 0) is 50.2 Å². The summed E-state index contributed by atoms with van der Waals surface area (Å²) in [6.07, 6.45) is 5.07. The fourth-order valence-corrected chi connectivity index (χ4v) is 3.84. The molecule has 2 heterocycles. The van der Waals surface area contributed by atoms with Gasteiger partial charge in [0.15, 0.2) is 0 Å². The number of nitrogens with zero attached hydrogens (tertiary/aromatic N) is 1. The highest BCUT2D eigenvalue weighted by Gasteiger charge is 2.25. The molecule has 1 aromatic carbocycles.